The Morgan fingerprint density at radius 3 is 2.05 bits per heavy atom. The van der Waals surface area contributed by atoms with Crippen LogP contribution in [0.4, 0.5) is 0 Å². The lowest BCUT2D eigenvalue weighted by molar-refractivity contribution is -0.179. The van der Waals surface area contributed by atoms with Crippen LogP contribution in [0.3, 0.4) is 0 Å². The maximum absolute atomic E-state index is 12.4. The van der Waals surface area contributed by atoms with Crippen LogP contribution in [-0.4, -0.2) is 22.6 Å². The fraction of sp³-hybridized carbons (Fsp3) is 0.867. The van der Waals surface area contributed by atoms with Crippen LogP contribution in [0.15, 0.2) is 0 Å². The van der Waals surface area contributed by atoms with Gasteiger partial charge in [-0.1, -0.05) is 33.6 Å². The number of carboxylic acid groups (broad SMARTS) is 1. The molecule has 0 bridgehead atoms. The molecule has 0 aliphatic carbocycles. The summed E-state index contributed by atoms with van der Waals surface area (Å²) < 4.78 is 5.34. The number of carbonyl (C=O) groups excluding carboxylic acids is 1. The van der Waals surface area contributed by atoms with Crippen LogP contribution in [0.2, 0.25) is 0 Å². The standard InChI is InChI=1S/C15H28O4/c1-7-8-9-15(12(16)17,10-11(2)3)13(18)19-14(4,5)6/h11H,7-10H2,1-6H3,(H,16,17)/t15-/m1/s1. The van der Waals surface area contributed by atoms with Crippen molar-refractivity contribution in [3.63, 3.8) is 0 Å². The van der Waals surface area contributed by atoms with Crippen LogP contribution in [-0.2, 0) is 14.3 Å². The van der Waals surface area contributed by atoms with Gasteiger partial charge in [-0.15, -0.1) is 0 Å². The first-order valence-electron chi connectivity index (χ1n) is 7.02. The van der Waals surface area contributed by atoms with Crippen molar-refractivity contribution in [2.75, 3.05) is 0 Å². The van der Waals surface area contributed by atoms with Gasteiger partial charge in [0.2, 0.25) is 0 Å². The van der Waals surface area contributed by atoms with Gasteiger partial charge in [0.15, 0.2) is 5.41 Å². The molecule has 0 fully saturated rings. The van der Waals surface area contributed by atoms with E-state index in [2.05, 4.69) is 0 Å². The summed E-state index contributed by atoms with van der Waals surface area (Å²) in [5, 5.41) is 9.57. The maximum Gasteiger partial charge on any atom is 0.324 e. The summed E-state index contributed by atoms with van der Waals surface area (Å²) in [4.78, 5) is 24.0. The Labute approximate surface area is 116 Å². The molecule has 1 N–H and O–H groups in total. The Hall–Kier alpha value is -1.06. The maximum atomic E-state index is 12.4. The average Bonchev–Trinajstić information content (AvgIpc) is 2.20. The Balaban J connectivity index is 5.30. The predicted octanol–water partition coefficient (Wildman–Crippen LogP) is 3.64. The molecule has 1 atom stereocenters. The molecule has 4 nitrogen and oxygen atoms in total. The summed E-state index contributed by atoms with van der Waals surface area (Å²) in [6.07, 6.45) is 2.22. The topological polar surface area (TPSA) is 63.6 Å². The Bertz CT molecular complexity index is 315. The van der Waals surface area contributed by atoms with Gasteiger partial charge in [-0.05, 0) is 39.5 Å². The fourth-order valence-electron chi connectivity index (χ4n) is 2.12. The number of ether oxygens (including phenoxy) is 1. The lowest BCUT2D eigenvalue weighted by Crippen LogP contribution is -2.44. The molecule has 0 aliphatic rings. The number of hydrogen-bond acceptors (Lipinski definition) is 3. The van der Waals surface area contributed by atoms with Crippen LogP contribution in [0.1, 0.15) is 67.2 Å². The van der Waals surface area contributed by atoms with Crippen molar-refractivity contribution in [3.8, 4) is 0 Å². The minimum absolute atomic E-state index is 0.125. The van der Waals surface area contributed by atoms with E-state index >= 15 is 0 Å². The molecule has 0 aliphatic heterocycles. The second-order valence-corrected chi connectivity index (χ2v) is 6.59. The molecular weight excluding hydrogens is 244 g/mol. The van der Waals surface area contributed by atoms with Crippen LogP contribution in [0.25, 0.3) is 0 Å². The van der Waals surface area contributed by atoms with E-state index < -0.39 is 23.0 Å². The molecule has 0 rings (SSSR count). The van der Waals surface area contributed by atoms with E-state index in [0.29, 0.717) is 19.3 Å². The first kappa shape index (κ1) is 17.9. The molecular formula is C15H28O4. The van der Waals surface area contributed by atoms with Gasteiger partial charge in [0.25, 0.3) is 0 Å². The van der Waals surface area contributed by atoms with Crippen LogP contribution in [0.5, 0.6) is 0 Å². The van der Waals surface area contributed by atoms with Gasteiger partial charge in [0, 0.05) is 0 Å². The summed E-state index contributed by atoms with van der Waals surface area (Å²) >= 11 is 0. The molecule has 19 heavy (non-hydrogen) atoms. The molecule has 0 saturated heterocycles. The third-order valence-corrected chi connectivity index (χ3v) is 2.91. The number of aliphatic carboxylic acids is 1. The van der Waals surface area contributed by atoms with E-state index in [-0.39, 0.29) is 5.92 Å². The first-order chi connectivity index (χ1) is 8.55. The molecule has 0 radical (unpaired) electrons. The summed E-state index contributed by atoms with van der Waals surface area (Å²) in [7, 11) is 0. The van der Waals surface area contributed by atoms with E-state index in [4.69, 9.17) is 4.74 Å². The Kier molecular flexibility index (Phi) is 6.53. The van der Waals surface area contributed by atoms with Gasteiger partial charge < -0.3 is 9.84 Å². The van der Waals surface area contributed by atoms with Crippen molar-refractivity contribution in [1.82, 2.24) is 0 Å². The third-order valence-electron chi connectivity index (χ3n) is 2.91. The first-order valence-corrected chi connectivity index (χ1v) is 7.02. The number of carbonyl (C=O) groups is 2. The number of carboxylic acids is 1. The molecule has 0 spiro atoms. The minimum Gasteiger partial charge on any atom is -0.480 e. The Morgan fingerprint density at radius 1 is 1.21 bits per heavy atom. The summed E-state index contributed by atoms with van der Waals surface area (Å²) in [6.45, 7) is 11.1. The molecule has 0 unspecified atom stereocenters. The van der Waals surface area contributed by atoms with Gasteiger partial charge in [0.1, 0.15) is 5.60 Å². The summed E-state index contributed by atoms with van der Waals surface area (Å²) in [6, 6.07) is 0. The van der Waals surface area contributed by atoms with Crippen molar-refractivity contribution < 1.29 is 19.4 Å². The zero-order chi connectivity index (χ0) is 15.3. The highest BCUT2D eigenvalue weighted by Crippen LogP contribution is 2.35. The highest BCUT2D eigenvalue weighted by atomic mass is 16.6. The normalized spacial score (nSPS) is 15.1. The zero-order valence-electron chi connectivity index (χ0n) is 13.1. The van der Waals surface area contributed by atoms with Crippen LogP contribution >= 0.6 is 0 Å². The van der Waals surface area contributed by atoms with Gasteiger partial charge in [-0.2, -0.15) is 0 Å². The molecule has 0 aromatic carbocycles. The van der Waals surface area contributed by atoms with E-state index in [1.165, 1.54) is 0 Å². The molecule has 0 aromatic heterocycles. The second-order valence-electron chi connectivity index (χ2n) is 6.59. The van der Waals surface area contributed by atoms with Gasteiger partial charge in [-0.25, -0.2) is 0 Å². The molecule has 4 heteroatoms. The molecule has 0 heterocycles. The van der Waals surface area contributed by atoms with Crippen molar-refractivity contribution in [2.45, 2.75) is 72.8 Å². The van der Waals surface area contributed by atoms with E-state index in [1.54, 1.807) is 20.8 Å². The molecule has 0 amide bonds. The second kappa shape index (κ2) is 6.92. The summed E-state index contributed by atoms with van der Waals surface area (Å²) in [5.74, 6) is -1.54. The third kappa shape index (κ3) is 5.62. The highest BCUT2D eigenvalue weighted by Gasteiger charge is 2.48. The fourth-order valence-corrected chi connectivity index (χ4v) is 2.12. The van der Waals surface area contributed by atoms with Gasteiger partial charge in [-0.3, -0.25) is 9.59 Å². The van der Waals surface area contributed by atoms with Gasteiger partial charge >= 0.3 is 11.9 Å². The van der Waals surface area contributed by atoms with Crippen LogP contribution < -0.4 is 0 Å². The Morgan fingerprint density at radius 2 is 1.74 bits per heavy atom. The monoisotopic (exact) mass is 272 g/mol. The highest BCUT2D eigenvalue weighted by molar-refractivity contribution is 5.99. The lowest BCUT2D eigenvalue weighted by atomic mass is 9.76. The van der Waals surface area contributed by atoms with E-state index in [9.17, 15) is 14.7 Å². The van der Waals surface area contributed by atoms with E-state index in [0.717, 1.165) is 6.42 Å². The van der Waals surface area contributed by atoms with Crippen molar-refractivity contribution >= 4 is 11.9 Å². The summed E-state index contributed by atoms with van der Waals surface area (Å²) in [5.41, 5.74) is -2.07. The van der Waals surface area contributed by atoms with E-state index in [1.807, 2.05) is 20.8 Å². The zero-order valence-corrected chi connectivity index (χ0v) is 13.1. The minimum atomic E-state index is -1.41. The molecule has 0 saturated carbocycles. The number of esters is 1. The number of hydrogen-bond donors (Lipinski definition) is 1. The SMILES string of the molecule is CCCC[C@@](CC(C)C)(C(=O)O)C(=O)OC(C)(C)C. The molecule has 0 aromatic rings. The number of unbranched alkanes of at least 4 members (excludes halogenated alkanes) is 1. The molecule has 112 valence electrons. The quantitative estimate of drug-likeness (QED) is 0.567. The van der Waals surface area contributed by atoms with Crippen molar-refractivity contribution in [1.29, 1.82) is 0 Å². The predicted molar refractivity (Wildman–Crippen MR) is 74.9 cm³/mol. The lowest BCUT2D eigenvalue weighted by Gasteiger charge is -2.32. The van der Waals surface area contributed by atoms with Crippen molar-refractivity contribution in [2.24, 2.45) is 11.3 Å². The van der Waals surface area contributed by atoms with Crippen molar-refractivity contribution in [3.05, 3.63) is 0 Å². The largest absolute Gasteiger partial charge is 0.480 e. The van der Waals surface area contributed by atoms with Crippen LogP contribution in [0, 0.1) is 11.3 Å². The number of rotatable bonds is 7. The van der Waals surface area contributed by atoms with Gasteiger partial charge in [0.05, 0.1) is 0 Å². The smallest absolute Gasteiger partial charge is 0.324 e. The average molecular weight is 272 g/mol.